The number of esters is 1. The first kappa shape index (κ1) is 56.1. The number of nitrogens with two attached hydrogens (primary N) is 1. The van der Waals surface area contributed by atoms with Gasteiger partial charge in [-0.05, 0) is 61.4 Å². The lowest BCUT2D eigenvalue weighted by Crippen LogP contribution is -2.48. The van der Waals surface area contributed by atoms with E-state index >= 15 is 0 Å². The fourth-order valence-corrected chi connectivity index (χ4v) is 6.17. The molecule has 5 N–H and O–H groups in total. The number of nitro groups is 1. The third-order valence-corrected chi connectivity index (χ3v) is 9.74. The number of ether oxygens (including phenoxy) is 7. The standard InChI is InChI=1S/C45H65N5O16/c1-5-20-61-22-24-63-26-27-64-25-23-62-21-18-37(51)28-34(10-17-40(53)60-4)43(55)49-41(31(2)3)39(52)29-33(7-6-19-47-44(46)56)42(54)48-35-11-8-32(9-12-35)30-65-45(57)66-38-15-13-36(14-16-38)50(58)59/h8-9,11-16,31,33-34,41H,5-7,10,17-30H2,1-4H3,(H,48,54)(H,49,55)(H3,46,47,56)/t33-,34+,41+/m1/s1. The van der Waals surface area contributed by atoms with Crippen LogP contribution in [-0.2, 0) is 59.0 Å². The minimum atomic E-state index is -1.05. The number of hydrogen-bond donors (Lipinski definition) is 4. The van der Waals surface area contributed by atoms with Crippen molar-refractivity contribution < 1.29 is 71.6 Å². The molecule has 0 saturated heterocycles. The van der Waals surface area contributed by atoms with Crippen LogP contribution in [0.5, 0.6) is 5.75 Å². The van der Waals surface area contributed by atoms with E-state index in [1.165, 1.54) is 31.4 Å². The Balaban J connectivity index is 2.00. The molecule has 366 valence electrons. The van der Waals surface area contributed by atoms with Crippen molar-refractivity contribution in [1.29, 1.82) is 0 Å². The van der Waals surface area contributed by atoms with Crippen LogP contribution in [0, 0.1) is 27.9 Å². The van der Waals surface area contributed by atoms with E-state index in [0.29, 0.717) is 50.9 Å². The zero-order valence-electron chi connectivity index (χ0n) is 38.2. The van der Waals surface area contributed by atoms with Crippen molar-refractivity contribution in [2.45, 2.75) is 84.8 Å². The van der Waals surface area contributed by atoms with E-state index in [1.807, 2.05) is 6.92 Å². The molecular formula is C45H65N5O16. The molecule has 2 aromatic carbocycles. The lowest BCUT2D eigenvalue weighted by molar-refractivity contribution is -0.384. The van der Waals surface area contributed by atoms with Crippen LogP contribution in [0.3, 0.4) is 0 Å². The molecular weight excluding hydrogens is 867 g/mol. The molecule has 0 aliphatic rings. The summed E-state index contributed by atoms with van der Waals surface area (Å²) in [6, 6.07) is 9.36. The summed E-state index contributed by atoms with van der Waals surface area (Å²) in [4.78, 5) is 100. The number of carbonyl (C=O) groups is 7. The zero-order valence-corrected chi connectivity index (χ0v) is 38.2. The number of urea groups is 1. The Morgan fingerprint density at radius 2 is 1.33 bits per heavy atom. The van der Waals surface area contributed by atoms with Crippen molar-refractivity contribution in [3.05, 3.63) is 64.2 Å². The van der Waals surface area contributed by atoms with Crippen LogP contribution in [0.2, 0.25) is 0 Å². The van der Waals surface area contributed by atoms with Gasteiger partial charge in [0.15, 0.2) is 5.78 Å². The topological polar surface area (TPSA) is 289 Å². The summed E-state index contributed by atoms with van der Waals surface area (Å²) in [7, 11) is 1.21. The number of non-ortho nitro benzene ring substituents is 1. The molecule has 0 aromatic heterocycles. The van der Waals surface area contributed by atoms with Gasteiger partial charge in [-0.2, -0.15) is 0 Å². The number of methoxy groups -OCH3 is 1. The summed E-state index contributed by atoms with van der Waals surface area (Å²) < 4.78 is 36.7. The highest BCUT2D eigenvalue weighted by molar-refractivity contribution is 5.98. The maximum absolute atomic E-state index is 13.9. The third kappa shape index (κ3) is 24.3. The number of nitrogens with zero attached hydrogens (tertiary/aromatic N) is 1. The largest absolute Gasteiger partial charge is 0.514 e. The molecule has 0 saturated carbocycles. The van der Waals surface area contributed by atoms with E-state index in [2.05, 4.69) is 16.0 Å². The van der Waals surface area contributed by atoms with E-state index in [1.54, 1.807) is 38.1 Å². The third-order valence-electron chi connectivity index (χ3n) is 9.74. The fraction of sp³-hybridized carbons (Fsp3) is 0.578. The average molecular weight is 932 g/mol. The fourth-order valence-electron chi connectivity index (χ4n) is 6.17. The Morgan fingerprint density at radius 1 is 0.742 bits per heavy atom. The van der Waals surface area contributed by atoms with E-state index in [-0.39, 0.29) is 88.5 Å². The molecule has 0 unspecified atom stereocenters. The van der Waals surface area contributed by atoms with Gasteiger partial charge < -0.3 is 54.8 Å². The summed E-state index contributed by atoms with van der Waals surface area (Å²) in [5.41, 5.74) is 5.93. The molecule has 0 radical (unpaired) electrons. The lowest BCUT2D eigenvalue weighted by Gasteiger charge is -2.26. The number of primary amides is 1. The highest BCUT2D eigenvalue weighted by Gasteiger charge is 2.32. The smallest absolute Gasteiger partial charge is 0.469 e. The van der Waals surface area contributed by atoms with Gasteiger partial charge in [-0.15, -0.1) is 0 Å². The second-order valence-electron chi connectivity index (χ2n) is 15.4. The van der Waals surface area contributed by atoms with Gasteiger partial charge in [0.1, 0.15) is 18.1 Å². The molecule has 2 rings (SSSR count). The average Bonchev–Trinajstić information content (AvgIpc) is 3.28. The summed E-state index contributed by atoms with van der Waals surface area (Å²) in [5, 5.41) is 18.9. The maximum Gasteiger partial charge on any atom is 0.514 e. The van der Waals surface area contributed by atoms with Crippen LogP contribution in [0.25, 0.3) is 0 Å². The van der Waals surface area contributed by atoms with Crippen molar-refractivity contribution in [2.24, 2.45) is 23.5 Å². The summed E-state index contributed by atoms with van der Waals surface area (Å²) in [6.07, 6.45) is -0.295. The van der Waals surface area contributed by atoms with Gasteiger partial charge >= 0.3 is 18.2 Å². The number of Topliss-reactive ketones (excluding diaryl/α,β-unsaturated/α-hetero) is 2. The number of nitrogens with one attached hydrogen (secondary N) is 3. The molecule has 66 heavy (non-hydrogen) atoms. The second kappa shape index (κ2) is 32.6. The summed E-state index contributed by atoms with van der Waals surface area (Å²) >= 11 is 0. The van der Waals surface area contributed by atoms with Crippen LogP contribution in [0.15, 0.2) is 48.5 Å². The molecule has 0 aliphatic heterocycles. The number of benzene rings is 2. The molecule has 3 atom stereocenters. The minimum absolute atomic E-state index is 0.00802. The SMILES string of the molecule is CCCOCCOCCOCCOCCC(=O)C[C@H](CCC(=O)OC)C(=O)N[C@H](C(=O)C[C@@H](CCCNC(N)=O)C(=O)Nc1ccc(COC(=O)Oc2ccc([N+](=O)[O-])cc2)cc1)C(C)C. The highest BCUT2D eigenvalue weighted by atomic mass is 16.7. The Hall–Kier alpha value is -6.03. The van der Waals surface area contributed by atoms with Gasteiger partial charge in [-0.3, -0.25) is 34.1 Å². The van der Waals surface area contributed by atoms with E-state index < -0.39 is 64.5 Å². The quantitative estimate of drug-likeness (QED) is 0.0237. The Bertz CT molecular complexity index is 1830. The van der Waals surface area contributed by atoms with Crippen LogP contribution in [0.4, 0.5) is 21.0 Å². The number of anilines is 1. The number of nitro benzene ring substituents is 1. The molecule has 4 amide bonds. The molecule has 2 aromatic rings. The molecule has 0 aliphatic carbocycles. The first-order valence-electron chi connectivity index (χ1n) is 21.9. The first-order valence-corrected chi connectivity index (χ1v) is 21.9. The Labute approximate surface area is 384 Å². The number of carbonyl (C=O) groups excluding carboxylic acids is 7. The van der Waals surface area contributed by atoms with E-state index in [0.717, 1.165) is 6.42 Å². The first-order chi connectivity index (χ1) is 31.6. The highest BCUT2D eigenvalue weighted by Crippen LogP contribution is 2.22. The van der Waals surface area contributed by atoms with Crippen molar-refractivity contribution in [1.82, 2.24) is 10.6 Å². The predicted octanol–water partition coefficient (Wildman–Crippen LogP) is 4.81. The van der Waals surface area contributed by atoms with Crippen LogP contribution >= 0.6 is 0 Å². The van der Waals surface area contributed by atoms with E-state index in [4.69, 9.17) is 38.9 Å². The van der Waals surface area contributed by atoms with Gasteiger partial charge in [0.25, 0.3) is 5.69 Å². The molecule has 0 spiro atoms. The van der Waals surface area contributed by atoms with Gasteiger partial charge in [0.05, 0.1) is 64.3 Å². The zero-order chi connectivity index (χ0) is 48.7. The summed E-state index contributed by atoms with van der Waals surface area (Å²) in [6.45, 7) is 8.54. The number of rotatable bonds is 35. The second-order valence-corrected chi connectivity index (χ2v) is 15.4. The molecule has 21 nitrogen and oxygen atoms in total. The van der Waals surface area contributed by atoms with Crippen molar-refractivity contribution in [3.63, 3.8) is 0 Å². The van der Waals surface area contributed by atoms with Crippen LogP contribution < -0.4 is 26.4 Å². The number of amides is 4. The minimum Gasteiger partial charge on any atom is -0.469 e. The Morgan fingerprint density at radius 3 is 1.89 bits per heavy atom. The van der Waals surface area contributed by atoms with Gasteiger partial charge in [0.2, 0.25) is 11.8 Å². The monoisotopic (exact) mass is 931 g/mol. The number of hydrogen-bond acceptors (Lipinski definition) is 16. The molecule has 21 heteroatoms. The maximum atomic E-state index is 13.9. The molecule has 0 fully saturated rings. The summed E-state index contributed by atoms with van der Waals surface area (Å²) in [5.74, 6) is -4.67. The van der Waals surface area contributed by atoms with Crippen molar-refractivity contribution >= 4 is 52.9 Å². The van der Waals surface area contributed by atoms with E-state index in [9.17, 15) is 43.7 Å². The van der Waals surface area contributed by atoms with Gasteiger partial charge in [-0.25, -0.2) is 9.59 Å². The Kier molecular flexibility index (Phi) is 27.7. The van der Waals surface area contributed by atoms with Gasteiger partial charge in [-0.1, -0.05) is 32.9 Å². The molecule has 0 bridgehead atoms. The lowest BCUT2D eigenvalue weighted by atomic mass is 9.88. The van der Waals surface area contributed by atoms with Crippen molar-refractivity contribution in [2.75, 3.05) is 71.8 Å². The van der Waals surface area contributed by atoms with Crippen LogP contribution in [0.1, 0.15) is 77.7 Å². The van der Waals surface area contributed by atoms with Crippen molar-refractivity contribution in [3.8, 4) is 5.75 Å². The predicted molar refractivity (Wildman–Crippen MR) is 238 cm³/mol. The molecule has 0 heterocycles. The normalized spacial score (nSPS) is 12.3. The number of ketones is 2. The van der Waals surface area contributed by atoms with Crippen LogP contribution in [-0.4, -0.2) is 119 Å². The van der Waals surface area contributed by atoms with Gasteiger partial charge in [0, 0.05) is 68.5 Å².